The molecule has 3 aromatic carbocycles. The molecule has 3 rings (SSSR count). The van der Waals surface area contributed by atoms with Gasteiger partial charge in [-0.05, 0) is 67.1 Å². The first-order valence-electron chi connectivity index (χ1n) is 8.39. The highest BCUT2D eigenvalue weighted by molar-refractivity contribution is 5.66. The van der Waals surface area contributed by atoms with E-state index >= 15 is 0 Å². The van der Waals surface area contributed by atoms with Crippen LogP contribution in [0.2, 0.25) is 0 Å². The van der Waals surface area contributed by atoms with Crippen LogP contribution in [0.3, 0.4) is 0 Å². The third-order valence-corrected chi connectivity index (χ3v) is 3.64. The summed E-state index contributed by atoms with van der Waals surface area (Å²) in [6, 6.07) is 23.0. The van der Waals surface area contributed by atoms with Crippen LogP contribution in [0.15, 0.2) is 72.8 Å². The van der Waals surface area contributed by atoms with Crippen molar-refractivity contribution in [2.45, 2.75) is 13.3 Å². The molecule has 0 bridgehead atoms. The fourth-order valence-corrected chi connectivity index (χ4v) is 2.40. The maximum Gasteiger partial charge on any atom is 0.121 e. The summed E-state index contributed by atoms with van der Waals surface area (Å²) in [6.07, 6.45) is 0.993. The summed E-state index contributed by atoms with van der Waals surface area (Å²) in [6.45, 7) is 2.82. The molecule has 0 aliphatic heterocycles. The van der Waals surface area contributed by atoms with E-state index < -0.39 is 0 Å². The second kappa shape index (κ2) is 8.11. The highest BCUT2D eigenvalue weighted by atomic mass is 16.5. The number of hydrogen-bond acceptors (Lipinski definition) is 4. The third kappa shape index (κ3) is 4.91. The number of anilines is 4. The Kier molecular flexibility index (Phi) is 5.42. The number of benzene rings is 3. The standard InChI is InChI=1S/C21H22N2O2/c1-2-14-25-21-5-3-4-19(15-21)23-17-8-6-16(7-9-17)22-18-10-12-20(24)13-11-18/h3-13,15,22-24H,2,14H2,1H3. The van der Waals surface area contributed by atoms with Gasteiger partial charge in [0.2, 0.25) is 0 Å². The van der Waals surface area contributed by atoms with E-state index in [2.05, 4.69) is 17.6 Å². The number of rotatable bonds is 7. The lowest BCUT2D eigenvalue weighted by atomic mass is 10.2. The van der Waals surface area contributed by atoms with Gasteiger partial charge in [-0.25, -0.2) is 0 Å². The summed E-state index contributed by atoms with van der Waals surface area (Å²) in [7, 11) is 0. The average Bonchev–Trinajstić information content (AvgIpc) is 2.64. The lowest BCUT2D eigenvalue weighted by Crippen LogP contribution is -1.96. The van der Waals surface area contributed by atoms with E-state index in [-0.39, 0.29) is 5.75 Å². The summed E-state index contributed by atoms with van der Waals surface area (Å²) in [4.78, 5) is 0. The zero-order valence-corrected chi connectivity index (χ0v) is 14.2. The van der Waals surface area contributed by atoms with Crippen molar-refractivity contribution in [3.05, 3.63) is 72.8 Å². The molecular formula is C21H22N2O2. The molecule has 0 saturated carbocycles. The van der Waals surface area contributed by atoms with E-state index in [0.29, 0.717) is 0 Å². The molecule has 0 aliphatic carbocycles. The Morgan fingerprint density at radius 3 is 1.92 bits per heavy atom. The van der Waals surface area contributed by atoms with Gasteiger partial charge < -0.3 is 20.5 Å². The van der Waals surface area contributed by atoms with Crippen molar-refractivity contribution < 1.29 is 9.84 Å². The van der Waals surface area contributed by atoms with Gasteiger partial charge in [0, 0.05) is 28.8 Å². The molecular weight excluding hydrogens is 312 g/mol. The molecule has 4 nitrogen and oxygen atoms in total. The van der Waals surface area contributed by atoms with Crippen molar-refractivity contribution in [3.63, 3.8) is 0 Å². The highest BCUT2D eigenvalue weighted by Crippen LogP contribution is 2.24. The normalized spacial score (nSPS) is 10.3. The minimum Gasteiger partial charge on any atom is -0.508 e. The van der Waals surface area contributed by atoms with E-state index in [4.69, 9.17) is 4.74 Å². The second-order valence-corrected chi connectivity index (χ2v) is 5.75. The second-order valence-electron chi connectivity index (χ2n) is 5.75. The Hall–Kier alpha value is -3.14. The van der Waals surface area contributed by atoms with Crippen LogP contribution in [0.1, 0.15) is 13.3 Å². The van der Waals surface area contributed by atoms with Crippen LogP contribution in [0.25, 0.3) is 0 Å². The lowest BCUT2D eigenvalue weighted by molar-refractivity contribution is 0.317. The topological polar surface area (TPSA) is 53.5 Å². The molecule has 0 aliphatic rings. The van der Waals surface area contributed by atoms with Crippen molar-refractivity contribution in [1.29, 1.82) is 0 Å². The number of hydrogen-bond donors (Lipinski definition) is 3. The van der Waals surface area contributed by atoms with Gasteiger partial charge >= 0.3 is 0 Å². The molecule has 0 amide bonds. The predicted octanol–water partition coefficient (Wildman–Crippen LogP) is 5.67. The Morgan fingerprint density at radius 1 is 0.760 bits per heavy atom. The van der Waals surface area contributed by atoms with Gasteiger partial charge in [0.15, 0.2) is 0 Å². The Labute approximate surface area is 148 Å². The number of phenols is 1. The molecule has 128 valence electrons. The summed E-state index contributed by atoms with van der Waals surface area (Å²) < 4.78 is 5.66. The number of aromatic hydroxyl groups is 1. The van der Waals surface area contributed by atoms with Crippen molar-refractivity contribution in [2.24, 2.45) is 0 Å². The SMILES string of the molecule is CCCOc1cccc(Nc2ccc(Nc3ccc(O)cc3)cc2)c1. The largest absolute Gasteiger partial charge is 0.508 e. The average molecular weight is 334 g/mol. The van der Waals surface area contributed by atoms with Crippen LogP contribution in [-0.4, -0.2) is 11.7 Å². The predicted molar refractivity (Wildman–Crippen MR) is 103 cm³/mol. The van der Waals surface area contributed by atoms with Crippen LogP contribution >= 0.6 is 0 Å². The van der Waals surface area contributed by atoms with Gasteiger partial charge in [-0.15, -0.1) is 0 Å². The first kappa shape index (κ1) is 16.7. The first-order chi connectivity index (χ1) is 12.2. The van der Waals surface area contributed by atoms with Crippen molar-refractivity contribution >= 4 is 22.7 Å². The Morgan fingerprint density at radius 2 is 1.32 bits per heavy atom. The molecule has 0 aromatic heterocycles. The highest BCUT2D eigenvalue weighted by Gasteiger charge is 2.00. The first-order valence-corrected chi connectivity index (χ1v) is 8.39. The van der Waals surface area contributed by atoms with Gasteiger partial charge in [0.1, 0.15) is 11.5 Å². The van der Waals surface area contributed by atoms with Crippen LogP contribution < -0.4 is 15.4 Å². The maximum atomic E-state index is 9.32. The van der Waals surface area contributed by atoms with E-state index in [0.717, 1.165) is 41.5 Å². The number of phenolic OH excluding ortho intramolecular Hbond substituents is 1. The van der Waals surface area contributed by atoms with E-state index in [1.807, 2.05) is 60.7 Å². The van der Waals surface area contributed by atoms with Gasteiger partial charge in [-0.3, -0.25) is 0 Å². The molecule has 0 heterocycles. The number of ether oxygens (including phenoxy) is 1. The molecule has 25 heavy (non-hydrogen) atoms. The molecule has 0 spiro atoms. The fraction of sp³-hybridized carbons (Fsp3) is 0.143. The molecule has 0 fully saturated rings. The lowest BCUT2D eigenvalue weighted by Gasteiger charge is -2.11. The van der Waals surface area contributed by atoms with E-state index in [9.17, 15) is 5.11 Å². The van der Waals surface area contributed by atoms with Crippen molar-refractivity contribution in [1.82, 2.24) is 0 Å². The van der Waals surface area contributed by atoms with Crippen LogP contribution in [-0.2, 0) is 0 Å². The van der Waals surface area contributed by atoms with Crippen molar-refractivity contribution in [2.75, 3.05) is 17.2 Å². The molecule has 3 N–H and O–H groups in total. The minimum absolute atomic E-state index is 0.259. The maximum absolute atomic E-state index is 9.32. The van der Waals surface area contributed by atoms with Crippen molar-refractivity contribution in [3.8, 4) is 11.5 Å². The molecule has 0 unspecified atom stereocenters. The van der Waals surface area contributed by atoms with Gasteiger partial charge in [0.25, 0.3) is 0 Å². The van der Waals surface area contributed by atoms with E-state index in [1.54, 1.807) is 12.1 Å². The summed E-state index contributed by atoms with van der Waals surface area (Å²) in [5.41, 5.74) is 3.91. The van der Waals surface area contributed by atoms with Gasteiger partial charge in [-0.1, -0.05) is 13.0 Å². The van der Waals surface area contributed by atoms with Gasteiger partial charge in [-0.2, -0.15) is 0 Å². The zero-order valence-electron chi connectivity index (χ0n) is 14.2. The Balaban J connectivity index is 1.63. The summed E-state index contributed by atoms with van der Waals surface area (Å²) >= 11 is 0. The zero-order chi connectivity index (χ0) is 17.5. The minimum atomic E-state index is 0.259. The molecule has 0 saturated heterocycles. The summed E-state index contributed by atoms with van der Waals surface area (Å²) in [5.74, 6) is 1.13. The molecule has 4 heteroatoms. The van der Waals surface area contributed by atoms with Crippen LogP contribution in [0.5, 0.6) is 11.5 Å². The quantitative estimate of drug-likeness (QED) is 0.487. The Bertz CT molecular complexity index is 799. The smallest absolute Gasteiger partial charge is 0.121 e. The molecule has 0 radical (unpaired) electrons. The van der Waals surface area contributed by atoms with Crippen LogP contribution in [0.4, 0.5) is 22.7 Å². The molecule has 0 atom stereocenters. The van der Waals surface area contributed by atoms with Gasteiger partial charge in [0.05, 0.1) is 6.61 Å². The van der Waals surface area contributed by atoms with E-state index in [1.165, 1.54) is 0 Å². The van der Waals surface area contributed by atoms with Crippen LogP contribution in [0, 0.1) is 0 Å². The molecule has 3 aromatic rings. The monoisotopic (exact) mass is 334 g/mol. The number of nitrogens with one attached hydrogen (secondary N) is 2. The fourth-order valence-electron chi connectivity index (χ4n) is 2.40. The third-order valence-electron chi connectivity index (χ3n) is 3.64. The summed E-state index contributed by atoms with van der Waals surface area (Å²) in [5, 5.41) is 16.0.